The van der Waals surface area contributed by atoms with E-state index in [0.717, 1.165) is 6.42 Å². The predicted molar refractivity (Wildman–Crippen MR) is 128 cm³/mol. The highest BCUT2D eigenvalue weighted by molar-refractivity contribution is 7.00. The molecule has 2 aliphatic heterocycles. The lowest BCUT2D eigenvalue weighted by molar-refractivity contribution is 1.17. The molecule has 0 amide bonds. The minimum absolute atomic E-state index is 0.282. The van der Waals surface area contributed by atoms with Crippen molar-refractivity contribution in [2.24, 2.45) is 0 Å². The van der Waals surface area contributed by atoms with Gasteiger partial charge in [-0.25, -0.2) is 0 Å². The number of aromatic nitrogens is 1. The number of nitrogens with zero attached hydrogens (tertiary/aromatic N) is 1. The van der Waals surface area contributed by atoms with Crippen LogP contribution >= 0.6 is 0 Å². The normalized spacial score (nSPS) is 13.5. The molecule has 0 bridgehead atoms. The second-order valence-corrected chi connectivity index (χ2v) is 8.88. The average Bonchev–Trinajstić information content (AvgIpc) is 2.77. The smallest absolute Gasteiger partial charge is 0.244 e. The molecule has 1 nitrogen and oxygen atoms in total. The molecule has 0 unspecified atom stereocenters. The minimum atomic E-state index is 0.282. The Morgan fingerprint density at radius 3 is 2.53 bits per heavy atom. The van der Waals surface area contributed by atoms with Crippen LogP contribution in [0.5, 0.6) is 0 Å². The monoisotopic (exact) mass is 381 g/mol. The maximum Gasteiger partial charge on any atom is 0.244 e. The third-order valence-electron chi connectivity index (χ3n) is 7.31. The molecule has 5 aromatic rings. The minimum Gasteiger partial charge on any atom is -0.264 e. The summed E-state index contributed by atoms with van der Waals surface area (Å²) in [6.45, 7) is 4.86. The van der Waals surface area contributed by atoms with E-state index in [-0.39, 0.29) is 6.71 Å². The summed E-state index contributed by atoms with van der Waals surface area (Å²) in [5, 5.41) is 5.47. The van der Waals surface area contributed by atoms with E-state index < -0.39 is 0 Å². The van der Waals surface area contributed by atoms with Gasteiger partial charge in [0, 0.05) is 12.4 Å². The van der Waals surface area contributed by atoms with Crippen LogP contribution in [0.25, 0.3) is 32.7 Å². The van der Waals surface area contributed by atoms with Crippen molar-refractivity contribution >= 4 is 44.6 Å². The standard InChI is InChI=1S/C28H20BN/c1-16-10-11-18-7-5-9-22-24-15-30-14-20-13-23-21-8-4-3-6-19(21)12-17(2)26(23)29(28(20)24)27(16)25(18)22/h3-12,14-15H,13H2,1-2H3. The lowest BCUT2D eigenvalue weighted by atomic mass is 9.30. The number of benzene rings is 4. The van der Waals surface area contributed by atoms with Gasteiger partial charge in [-0.1, -0.05) is 88.2 Å². The van der Waals surface area contributed by atoms with Crippen LogP contribution in [-0.2, 0) is 6.42 Å². The van der Waals surface area contributed by atoms with Gasteiger partial charge in [-0.15, -0.1) is 0 Å². The highest BCUT2D eigenvalue weighted by Gasteiger charge is 2.39. The summed E-state index contributed by atoms with van der Waals surface area (Å²) in [5.74, 6) is 0. The molecule has 0 atom stereocenters. The second kappa shape index (κ2) is 5.61. The summed E-state index contributed by atoms with van der Waals surface area (Å²) in [6, 6.07) is 22.5. The summed E-state index contributed by atoms with van der Waals surface area (Å²) in [7, 11) is 0. The third kappa shape index (κ3) is 1.92. The maximum absolute atomic E-state index is 4.69. The first kappa shape index (κ1) is 16.4. The molecule has 1 aromatic heterocycles. The molecule has 0 saturated carbocycles. The largest absolute Gasteiger partial charge is 0.264 e. The van der Waals surface area contributed by atoms with Crippen molar-refractivity contribution in [3.8, 4) is 11.1 Å². The molecule has 0 aliphatic carbocycles. The van der Waals surface area contributed by atoms with Gasteiger partial charge in [0.1, 0.15) is 0 Å². The first-order valence-corrected chi connectivity index (χ1v) is 10.7. The number of pyridine rings is 1. The van der Waals surface area contributed by atoms with E-state index in [1.807, 2.05) is 0 Å². The van der Waals surface area contributed by atoms with Crippen LogP contribution in [0, 0.1) is 13.8 Å². The van der Waals surface area contributed by atoms with Gasteiger partial charge in [0.25, 0.3) is 0 Å². The number of hydrogen-bond acceptors (Lipinski definition) is 1. The Bertz CT molecular complexity index is 1550. The fourth-order valence-electron chi connectivity index (χ4n) is 6.13. The van der Waals surface area contributed by atoms with Crippen molar-refractivity contribution < 1.29 is 0 Å². The van der Waals surface area contributed by atoms with Gasteiger partial charge < -0.3 is 0 Å². The Morgan fingerprint density at radius 1 is 0.733 bits per heavy atom. The molecule has 0 saturated heterocycles. The van der Waals surface area contributed by atoms with Crippen molar-refractivity contribution in [3.05, 3.63) is 95.3 Å². The number of hydrogen-bond donors (Lipinski definition) is 0. The van der Waals surface area contributed by atoms with Crippen molar-refractivity contribution in [2.75, 3.05) is 0 Å². The van der Waals surface area contributed by atoms with Crippen LogP contribution in [0.1, 0.15) is 22.3 Å². The van der Waals surface area contributed by atoms with Crippen LogP contribution in [0.15, 0.2) is 73.1 Å². The molecule has 7 rings (SSSR count). The summed E-state index contributed by atoms with van der Waals surface area (Å²) in [5.41, 5.74) is 12.8. The van der Waals surface area contributed by atoms with E-state index in [2.05, 4.69) is 86.9 Å². The van der Waals surface area contributed by atoms with Gasteiger partial charge in [0.15, 0.2) is 0 Å². The highest BCUT2D eigenvalue weighted by atomic mass is 14.6. The van der Waals surface area contributed by atoms with Crippen molar-refractivity contribution in [1.82, 2.24) is 4.98 Å². The predicted octanol–water partition coefficient (Wildman–Crippen LogP) is 4.41. The van der Waals surface area contributed by atoms with Gasteiger partial charge in [-0.3, -0.25) is 4.98 Å². The summed E-state index contributed by atoms with van der Waals surface area (Å²) in [4.78, 5) is 4.69. The molecule has 0 fully saturated rings. The van der Waals surface area contributed by atoms with Crippen molar-refractivity contribution in [2.45, 2.75) is 20.3 Å². The van der Waals surface area contributed by atoms with Crippen LogP contribution in [-0.4, -0.2) is 11.7 Å². The quantitative estimate of drug-likeness (QED) is 0.355. The van der Waals surface area contributed by atoms with E-state index in [4.69, 9.17) is 4.98 Å². The fourth-order valence-corrected chi connectivity index (χ4v) is 6.13. The average molecular weight is 381 g/mol. The zero-order valence-electron chi connectivity index (χ0n) is 17.2. The van der Waals surface area contributed by atoms with Gasteiger partial charge in [0.05, 0.1) is 0 Å². The Morgan fingerprint density at radius 2 is 1.60 bits per heavy atom. The zero-order valence-corrected chi connectivity index (χ0v) is 17.2. The maximum atomic E-state index is 4.69. The SMILES string of the molecule is Cc1cc2ccccc2c2c1B1c3c(cncc3-c3cccc4ccc(C)c1c34)C2. The molecular weight excluding hydrogens is 361 g/mol. The summed E-state index contributed by atoms with van der Waals surface area (Å²) in [6.07, 6.45) is 5.16. The van der Waals surface area contributed by atoms with Crippen molar-refractivity contribution in [1.29, 1.82) is 0 Å². The third-order valence-corrected chi connectivity index (χ3v) is 7.31. The number of fused-ring (bicyclic) bond motifs is 6. The molecule has 140 valence electrons. The molecule has 30 heavy (non-hydrogen) atoms. The molecule has 3 heterocycles. The van der Waals surface area contributed by atoms with E-state index in [0.29, 0.717) is 0 Å². The van der Waals surface area contributed by atoms with Crippen LogP contribution in [0.2, 0.25) is 0 Å². The Kier molecular flexibility index (Phi) is 3.07. The van der Waals surface area contributed by atoms with Gasteiger partial charge >= 0.3 is 0 Å². The molecule has 2 heteroatoms. The first-order valence-electron chi connectivity index (χ1n) is 10.7. The molecule has 0 N–H and O–H groups in total. The molecule has 2 aliphatic rings. The van der Waals surface area contributed by atoms with Gasteiger partial charge in [-0.05, 0) is 64.1 Å². The first-order chi connectivity index (χ1) is 14.7. The van der Waals surface area contributed by atoms with E-state index in [1.54, 1.807) is 0 Å². The topological polar surface area (TPSA) is 12.9 Å². The lowest BCUT2D eigenvalue weighted by Gasteiger charge is -2.36. The Hall–Kier alpha value is -3.39. The molecule has 0 radical (unpaired) electrons. The summed E-state index contributed by atoms with van der Waals surface area (Å²) < 4.78 is 0. The summed E-state index contributed by atoms with van der Waals surface area (Å²) >= 11 is 0. The zero-order chi connectivity index (χ0) is 20.0. The van der Waals surface area contributed by atoms with Crippen LogP contribution in [0.4, 0.5) is 0 Å². The Balaban J connectivity index is 1.72. The number of aryl methyl sites for hydroxylation is 2. The van der Waals surface area contributed by atoms with E-state index in [9.17, 15) is 0 Å². The molecular formula is C28H20BN. The van der Waals surface area contributed by atoms with Gasteiger partial charge in [0.2, 0.25) is 6.71 Å². The molecule has 0 spiro atoms. The van der Waals surface area contributed by atoms with E-state index >= 15 is 0 Å². The van der Waals surface area contributed by atoms with Crippen LogP contribution < -0.4 is 16.4 Å². The fraction of sp³-hybridized carbons (Fsp3) is 0.107. The van der Waals surface area contributed by atoms with Crippen LogP contribution in [0.3, 0.4) is 0 Å². The van der Waals surface area contributed by atoms with Gasteiger partial charge in [-0.2, -0.15) is 0 Å². The second-order valence-electron chi connectivity index (χ2n) is 8.88. The number of rotatable bonds is 0. The highest BCUT2D eigenvalue weighted by Crippen LogP contribution is 2.35. The van der Waals surface area contributed by atoms with Crippen molar-refractivity contribution in [3.63, 3.8) is 0 Å². The van der Waals surface area contributed by atoms with E-state index in [1.165, 1.54) is 71.3 Å². The molecule has 4 aromatic carbocycles. The lowest BCUT2D eigenvalue weighted by Crippen LogP contribution is -2.60. The Labute approximate surface area is 176 Å².